The van der Waals surface area contributed by atoms with Crippen molar-refractivity contribution in [3.63, 3.8) is 0 Å². The summed E-state index contributed by atoms with van der Waals surface area (Å²) in [6.07, 6.45) is 2.30. The zero-order chi connectivity index (χ0) is 17.4. The fourth-order valence-corrected chi connectivity index (χ4v) is 4.74. The molecule has 2 aromatic carbocycles. The maximum Gasteiger partial charge on any atom is 0.321 e. The van der Waals surface area contributed by atoms with Crippen LogP contribution >= 0.6 is 0 Å². The van der Waals surface area contributed by atoms with E-state index >= 15 is 0 Å². The van der Waals surface area contributed by atoms with Crippen LogP contribution in [0.15, 0.2) is 41.6 Å². The summed E-state index contributed by atoms with van der Waals surface area (Å²) >= 11 is -1.18. The van der Waals surface area contributed by atoms with Gasteiger partial charge in [-0.2, -0.15) is 4.98 Å². The molecule has 0 amide bonds. The Morgan fingerprint density at radius 2 is 2.16 bits per heavy atom. The Morgan fingerprint density at radius 3 is 3.00 bits per heavy atom. The summed E-state index contributed by atoms with van der Waals surface area (Å²) in [6.45, 7) is 6.29. The van der Waals surface area contributed by atoms with Crippen LogP contribution < -0.4 is 4.90 Å². The van der Waals surface area contributed by atoms with Crippen molar-refractivity contribution in [2.24, 2.45) is 0 Å². The number of aryl methyl sites for hydroxylation is 2. The zero-order valence-corrected chi connectivity index (χ0v) is 15.5. The lowest BCUT2D eigenvalue weighted by atomic mass is 9.98. The molecule has 3 aromatic rings. The van der Waals surface area contributed by atoms with Gasteiger partial charge in [-0.3, -0.25) is 4.98 Å². The van der Waals surface area contributed by atoms with Crippen LogP contribution in [-0.2, 0) is 23.3 Å². The van der Waals surface area contributed by atoms with Gasteiger partial charge in [0.05, 0.1) is 11.0 Å². The third-order valence-electron chi connectivity index (χ3n) is 4.89. The molecule has 1 atom stereocenters. The van der Waals surface area contributed by atoms with Crippen LogP contribution in [0.3, 0.4) is 0 Å². The lowest BCUT2D eigenvalue weighted by Gasteiger charge is -2.32. The third-order valence-corrected chi connectivity index (χ3v) is 6.09. The van der Waals surface area contributed by atoms with Crippen molar-refractivity contribution in [3.8, 4) is 0 Å². The second-order valence-corrected chi connectivity index (χ2v) is 8.03. The van der Waals surface area contributed by atoms with Crippen LogP contribution in [0.4, 0.5) is 5.69 Å². The molecule has 0 fully saturated rings. The summed E-state index contributed by atoms with van der Waals surface area (Å²) in [5.41, 5.74) is 6.81. The van der Waals surface area contributed by atoms with E-state index in [-0.39, 0.29) is 0 Å². The highest BCUT2D eigenvalue weighted by atomic mass is 32.2. The maximum atomic E-state index is 12.9. The number of para-hydroxylation sites is 1. The number of nitrogens with zero attached hydrogens (tertiary/aromatic N) is 2. The van der Waals surface area contributed by atoms with Crippen molar-refractivity contribution >= 4 is 27.9 Å². The minimum atomic E-state index is -1.18. The largest absolute Gasteiger partial charge is 0.609 e. The van der Waals surface area contributed by atoms with Crippen LogP contribution in [0.25, 0.3) is 11.0 Å². The van der Waals surface area contributed by atoms with E-state index in [0.29, 0.717) is 10.9 Å². The number of fused-ring (bicyclic) bond motifs is 2. The van der Waals surface area contributed by atoms with Crippen molar-refractivity contribution in [3.05, 3.63) is 53.1 Å². The van der Waals surface area contributed by atoms with Gasteiger partial charge in [0.1, 0.15) is 5.75 Å². The predicted molar refractivity (Wildman–Crippen MR) is 104 cm³/mol. The molecular weight excluding hydrogens is 330 g/mol. The Bertz CT molecular complexity index is 905. The Balaban J connectivity index is 1.65. The van der Waals surface area contributed by atoms with Gasteiger partial charge < -0.3 is 9.45 Å². The van der Waals surface area contributed by atoms with Crippen LogP contribution in [0.2, 0.25) is 0 Å². The quantitative estimate of drug-likeness (QED) is 0.723. The first-order chi connectivity index (χ1) is 12.2. The Labute approximate surface area is 151 Å². The van der Waals surface area contributed by atoms with Crippen LogP contribution in [0.5, 0.6) is 0 Å². The van der Waals surface area contributed by atoms with Crippen molar-refractivity contribution < 1.29 is 4.55 Å². The zero-order valence-electron chi connectivity index (χ0n) is 14.7. The Hall–Kier alpha value is -1.98. The number of rotatable bonds is 4. The Morgan fingerprint density at radius 1 is 1.28 bits per heavy atom. The first kappa shape index (κ1) is 16.5. The van der Waals surface area contributed by atoms with Gasteiger partial charge in [-0.1, -0.05) is 24.3 Å². The van der Waals surface area contributed by atoms with Gasteiger partial charge in [-0.15, -0.1) is 0 Å². The first-order valence-corrected chi connectivity index (χ1v) is 10.2. The van der Waals surface area contributed by atoms with E-state index in [1.807, 2.05) is 25.1 Å². The van der Waals surface area contributed by atoms with Crippen LogP contribution in [0.1, 0.15) is 30.0 Å². The van der Waals surface area contributed by atoms with E-state index in [2.05, 4.69) is 40.0 Å². The number of anilines is 1. The van der Waals surface area contributed by atoms with E-state index in [0.717, 1.165) is 41.7 Å². The average molecular weight is 353 g/mol. The van der Waals surface area contributed by atoms with E-state index in [4.69, 9.17) is 0 Å². The van der Waals surface area contributed by atoms with Gasteiger partial charge >= 0.3 is 5.16 Å². The first-order valence-electron chi connectivity index (χ1n) is 8.86. The molecule has 0 radical (unpaired) electrons. The molecule has 2 heterocycles. The van der Waals surface area contributed by atoms with E-state index in [9.17, 15) is 4.55 Å². The normalized spacial score (nSPS) is 15.4. The molecule has 0 bridgehead atoms. The van der Waals surface area contributed by atoms with Gasteiger partial charge in [0.2, 0.25) is 0 Å². The van der Waals surface area contributed by atoms with Crippen LogP contribution in [-0.4, -0.2) is 27.6 Å². The molecule has 1 aliphatic rings. The van der Waals surface area contributed by atoms with E-state index < -0.39 is 11.2 Å². The fourth-order valence-electron chi connectivity index (χ4n) is 3.67. The SMILES string of the molecule is CCN1CCCc2cccc(C[S+]([O-])c3nc4cc(C)ccc4[nH]3)c21. The van der Waals surface area contributed by atoms with Gasteiger partial charge in [-0.25, -0.2) is 0 Å². The number of nitrogens with one attached hydrogen (secondary N) is 1. The highest BCUT2D eigenvalue weighted by molar-refractivity contribution is 7.90. The Kier molecular flexibility index (Phi) is 4.44. The molecule has 5 heteroatoms. The number of H-pyrrole nitrogens is 1. The van der Waals surface area contributed by atoms with Crippen molar-refractivity contribution in [1.82, 2.24) is 9.97 Å². The highest BCUT2D eigenvalue weighted by Gasteiger charge is 2.24. The van der Waals surface area contributed by atoms with Gasteiger partial charge in [0.25, 0.3) is 0 Å². The van der Waals surface area contributed by atoms with Gasteiger partial charge in [0, 0.05) is 35.5 Å². The second-order valence-electron chi connectivity index (χ2n) is 6.66. The molecule has 4 nitrogen and oxygen atoms in total. The number of hydrogen-bond donors (Lipinski definition) is 1. The molecular formula is C20H23N3OS. The lowest BCUT2D eigenvalue weighted by Crippen LogP contribution is -2.30. The van der Waals surface area contributed by atoms with Gasteiger partial charge in [0.15, 0.2) is 0 Å². The topological polar surface area (TPSA) is 55.0 Å². The average Bonchev–Trinajstić information content (AvgIpc) is 3.04. The molecule has 0 spiro atoms. The molecule has 25 heavy (non-hydrogen) atoms. The molecule has 1 aromatic heterocycles. The number of hydrogen-bond acceptors (Lipinski definition) is 3. The number of imidazole rings is 1. The standard InChI is InChI=1S/C20H23N3OS/c1-3-23-11-5-8-15-6-4-7-16(19(15)23)13-25(24)20-21-17-10-9-14(2)12-18(17)22-20/h4,6-7,9-10,12H,3,5,8,11,13H2,1-2H3,(H,21,22). The molecule has 0 saturated carbocycles. The molecule has 1 N–H and O–H groups in total. The minimum Gasteiger partial charge on any atom is -0.609 e. The maximum absolute atomic E-state index is 12.9. The fraction of sp³-hybridized carbons (Fsp3) is 0.350. The molecule has 0 aliphatic carbocycles. The summed E-state index contributed by atoms with van der Waals surface area (Å²) < 4.78 is 12.9. The summed E-state index contributed by atoms with van der Waals surface area (Å²) in [5, 5.41) is 0.567. The summed E-state index contributed by atoms with van der Waals surface area (Å²) in [6, 6.07) is 12.5. The minimum absolute atomic E-state index is 0.498. The summed E-state index contributed by atoms with van der Waals surface area (Å²) in [5.74, 6) is 0.498. The molecule has 1 aliphatic heterocycles. The molecule has 0 saturated heterocycles. The molecule has 1 unspecified atom stereocenters. The van der Waals surface area contributed by atoms with E-state index in [1.165, 1.54) is 17.7 Å². The van der Waals surface area contributed by atoms with E-state index in [1.54, 1.807) is 0 Å². The second kappa shape index (κ2) is 6.73. The summed E-state index contributed by atoms with van der Waals surface area (Å²) in [4.78, 5) is 10.2. The highest BCUT2D eigenvalue weighted by Crippen LogP contribution is 2.33. The number of aromatic nitrogens is 2. The molecule has 130 valence electrons. The number of aromatic amines is 1. The third kappa shape index (κ3) is 3.14. The van der Waals surface area contributed by atoms with Crippen molar-refractivity contribution in [2.45, 2.75) is 37.6 Å². The van der Waals surface area contributed by atoms with Crippen molar-refractivity contribution in [2.75, 3.05) is 18.0 Å². The van der Waals surface area contributed by atoms with Crippen molar-refractivity contribution in [1.29, 1.82) is 0 Å². The monoisotopic (exact) mass is 353 g/mol. The number of benzene rings is 2. The smallest absolute Gasteiger partial charge is 0.321 e. The lowest BCUT2D eigenvalue weighted by molar-refractivity contribution is 0.587. The van der Waals surface area contributed by atoms with Crippen LogP contribution in [0, 0.1) is 6.92 Å². The molecule has 4 rings (SSSR count). The summed E-state index contributed by atoms with van der Waals surface area (Å²) in [7, 11) is 0. The van der Waals surface area contributed by atoms with Gasteiger partial charge in [-0.05, 0) is 49.9 Å². The predicted octanol–water partition coefficient (Wildman–Crippen LogP) is 3.95.